The maximum Gasteiger partial charge on any atom is 0.416 e. The van der Waals surface area contributed by atoms with Crippen LogP contribution in [0.4, 0.5) is 17.6 Å². The number of hydrogen-bond donors (Lipinski definition) is 0. The van der Waals surface area contributed by atoms with Gasteiger partial charge in [0, 0.05) is 38.2 Å². The Labute approximate surface area is 204 Å². The minimum atomic E-state index is -4.46. The van der Waals surface area contributed by atoms with E-state index in [1.54, 1.807) is 23.2 Å². The maximum atomic E-state index is 15.9. The molecule has 190 valence electrons. The van der Waals surface area contributed by atoms with Crippen molar-refractivity contribution in [3.8, 4) is 6.01 Å². The van der Waals surface area contributed by atoms with Crippen LogP contribution in [0.1, 0.15) is 42.1 Å². The summed E-state index contributed by atoms with van der Waals surface area (Å²) in [5.74, 6) is -0.0920. The summed E-state index contributed by atoms with van der Waals surface area (Å²) < 4.78 is 63.4. The lowest BCUT2D eigenvalue weighted by Crippen LogP contribution is -2.42. The molecule has 1 amide bonds. The van der Waals surface area contributed by atoms with Crippen LogP contribution in [-0.4, -0.2) is 45.0 Å². The summed E-state index contributed by atoms with van der Waals surface area (Å²) in [5.41, 5.74) is -0.757. The lowest BCUT2D eigenvalue weighted by molar-refractivity contribution is -0.138. The Morgan fingerprint density at radius 1 is 1.22 bits per heavy atom. The number of hydrogen-bond acceptors (Lipinski definition) is 5. The average Bonchev–Trinajstić information content (AvgIpc) is 3.31. The number of alkyl halides is 4. The van der Waals surface area contributed by atoms with Gasteiger partial charge in [-0.1, -0.05) is 12.1 Å². The molecular weight excluding hydrogens is 478 g/mol. The molecule has 1 aromatic carbocycles. The number of aromatic nitrogens is 3. The number of likely N-dealkylation sites (tertiary alicyclic amines) is 1. The zero-order valence-electron chi connectivity index (χ0n) is 19.9. The molecule has 11 heteroatoms. The van der Waals surface area contributed by atoms with Crippen LogP contribution in [0.15, 0.2) is 35.5 Å². The van der Waals surface area contributed by atoms with Gasteiger partial charge in [0.1, 0.15) is 6.61 Å². The molecule has 3 aromatic rings. The standard InChI is InChI=1S/C25H25F4N5O2/c1-15-17(4-3-5-19(15)25(27,28)29)13-31-22-18-12-21(24(26)6-8-33(9-7-24)16(2)35)30-14-20(18)34-10-11-36-23(34)32-22/h3-5,12,14H,6-11,13H2,1-2H3. The molecule has 0 N–H and O–H groups in total. The molecular formula is C25H25F4N5O2. The topological polar surface area (TPSA) is 72.6 Å². The quantitative estimate of drug-likeness (QED) is 0.506. The van der Waals surface area contributed by atoms with Crippen molar-refractivity contribution in [1.82, 2.24) is 19.4 Å². The van der Waals surface area contributed by atoms with Gasteiger partial charge in [-0.25, -0.2) is 4.39 Å². The predicted octanol–water partition coefficient (Wildman–Crippen LogP) is 4.06. The predicted molar refractivity (Wildman–Crippen MR) is 123 cm³/mol. The van der Waals surface area contributed by atoms with Crippen LogP contribution in [0.5, 0.6) is 6.01 Å². The fraction of sp³-hybridized carbons (Fsp3) is 0.440. The van der Waals surface area contributed by atoms with E-state index in [-0.39, 0.29) is 42.0 Å². The summed E-state index contributed by atoms with van der Waals surface area (Å²) in [6.07, 6.45) is -2.65. The van der Waals surface area contributed by atoms with Crippen molar-refractivity contribution in [3.63, 3.8) is 0 Å². The minimum Gasteiger partial charge on any atom is -0.463 e. The third-order valence-electron chi connectivity index (χ3n) is 7.00. The molecule has 4 heterocycles. The highest BCUT2D eigenvalue weighted by atomic mass is 19.4. The van der Waals surface area contributed by atoms with Crippen molar-refractivity contribution in [3.05, 3.63) is 58.3 Å². The van der Waals surface area contributed by atoms with Crippen LogP contribution < -0.4 is 10.2 Å². The van der Waals surface area contributed by atoms with Gasteiger partial charge in [-0.15, -0.1) is 0 Å². The number of ether oxygens (including phenoxy) is 1. The van der Waals surface area contributed by atoms with E-state index in [0.29, 0.717) is 48.7 Å². The third kappa shape index (κ3) is 4.31. The number of carbonyl (C=O) groups is 1. The number of amides is 1. The largest absolute Gasteiger partial charge is 0.463 e. The van der Waals surface area contributed by atoms with Crippen LogP contribution in [-0.2, 0) is 29.7 Å². The van der Waals surface area contributed by atoms with Gasteiger partial charge in [-0.2, -0.15) is 18.2 Å². The lowest BCUT2D eigenvalue weighted by Gasteiger charge is -2.35. The van der Waals surface area contributed by atoms with E-state index in [0.717, 1.165) is 6.07 Å². The van der Waals surface area contributed by atoms with Crippen molar-refractivity contribution in [2.45, 2.75) is 51.6 Å². The van der Waals surface area contributed by atoms with Crippen molar-refractivity contribution in [2.75, 3.05) is 19.7 Å². The SMILES string of the molecule is CC(=O)N1CCC(F)(c2cc3c(=NCc4cccc(C(F)(F)F)c4C)nc4n(c3cn2)CCO4)CC1. The number of piperidine rings is 1. The van der Waals surface area contributed by atoms with Crippen LogP contribution in [0.3, 0.4) is 0 Å². The summed E-state index contributed by atoms with van der Waals surface area (Å²) >= 11 is 0. The number of carbonyl (C=O) groups excluding carboxylic acids is 1. The van der Waals surface area contributed by atoms with Gasteiger partial charge in [0.05, 0.1) is 36.1 Å². The highest BCUT2D eigenvalue weighted by Crippen LogP contribution is 2.37. The molecule has 7 nitrogen and oxygen atoms in total. The van der Waals surface area contributed by atoms with Crippen molar-refractivity contribution in [2.24, 2.45) is 4.99 Å². The molecule has 0 spiro atoms. The Kier molecular flexibility index (Phi) is 5.96. The maximum absolute atomic E-state index is 15.9. The molecule has 5 rings (SSSR count). The van der Waals surface area contributed by atoms with Gasteiger partial charge < -0.3 is 9.64 Å². The summed E-state index contributed by atoms with van der Waals surface area (Å²) in [6, 6.07) is 5.95. The third-order valence-corrected chi connectivity index (χ3v) is 7.00. The van der Waals surface area contributed by atoms with E-state index in [9.17, 15) is 18.0 Å². The van der Waals surface area contributed by atoms with Gasteiger partial charge in [-0.3, -0.25) is 19.3 Å². The molecule has 36 heavy (non-hydrogen) atoms. The Morgan fingerprint density at radius 3 is 2.67 bits per heavy atom. The summed E-state index contributed by atoms with van der Waals surface area (Å²) in [7, 11) is 0. The smallest absolute Gasteiger partial charge is 0.416 e. The Balaban J connectivity index is 1.57. The lowest BCUT2D eigenvalue weighted by atomic mass is 9.89. The first kappa shape index (κ1) is 24.2. The molecule has 0 atom stereocenters. The summed E-state index contributed by atoms with van der Waals surface area (Å²) in [5, 5.41) is 0.546. The normalized spacial score (nSPS) is 17.8. The highest BCUT2D eigenvalue weighted by molar-refractivity contribution is 5.78. The first-order chi connectivity index (χ1) is 17.1. The molecule has 0 radical (unpaired) electrons. The second-order valence-corrected chi connectivity index (χ2v) is 9.18. The number of pyridine rings is 1. The fourth-order valence-electron chi connectivity index (χ4n) is 4.83. The van der Waals surface area contributed by atoms with Gasteiger partial charge in [0.2, 0.25) is 5.91 Å². The second kappa shape index (κ2) is 8.86. The van der Waals surface area contributed by atoms with E-state index >= 15 is 4.39 Å². The monoisotopic (exact) mass is 503 g/mol. The molecule has 0 aliphatic carbocycles. The Morgan fingerprint density at radius 2 is 1.97 bits per heavy atom. The van der Waals surface area contributed by atoms with Crippen molar-refractivity contribution >= 4 is 16.8 Å². The van der Waals surface area contributed by atoms with Gasteiger partial charge >= 0.3 is 6.18 Å². The Bertz CT molecular complexity index is 1410. The van der Waals surface area contributed by atoms with Gasteiger partial charge in [-0.05, 0) is 30.2 Å². The van der Waals surface area contributed by atoms with E-state index in [2.05, 4.69) is 15.0 Å². The number of benzene rings is 1. The number of fused-ring (bicyclic) bond motifs is 3. The molecule has 2 aromatic heterocycles. The van der Waals surface area contributed by atoms with Crippen molar-refractivity contribution in [1.29, 1.82) is 0 Å². The Hall–Kier alpha value is -3.50. The fourth-order valence-corrected chi connectivity index (χ4v) is 4.83. The molecule has 0 saturated carbocycles. The van der Waals surface area contributed by atoms with E-state index in [1.165, 1.54) is 19.9 Å². The zero-order chi connectivity index (χ0) is 25.7. The molecule has 0 bridgehead atoms. The highest BCUT2D eigenvalue weighted by Gasteiger charge is 2.38. The molecule has 1 saturated heterocycles. The zero-order valence-corrected chi connectivity index (χ0v) is 19.9. The van der Waals surface area contributed by atoms with Crippen molar-refractivity contribution < 1.29 is 27.1 Å². The minimum absolute atomic E-state index is 0.0344. The molecule has 2 aliphatic heterocycles. The van der Waals surface area contributed by atoms with E-state index in [4.69, 9.17) is 4.74 Å². The van der Waals surface area contributed by atoms with E-state index < -0.39 is 17.4 Å². The molecule has 1 fully saturated rings. The number of nitrogens with zero attached hydrogens (tertiary/aromatic N) is 5. The average molecular weight is 504 g/mol. The number of halogens is 4. The summed E-state index contributed by atoms with van der Waals surface area (Å²) in [4.78, 5) is 26.7. The molecule has 0 unspecified atom stereocenters. The van der Waals surface area contributed by atoms with Crippen LogP contribution >= 0.6 is 0 Å². The first-order valence-electron chi connectivity index (χ1n) is 11.7. The second-order valence-electron chi connectivity index (χ2n) is 9.18. The van der Waals surface area contributed by atoms with Crippen LogP contribution in [0.25, 0.3) is 10.9 Å². The number of rotatable bonds is 3. The first-order valence-corrected chi connectivity index (χ1v) is 11.7. The van der Waals surface area contributed by atoms with Gasteiger partial charge in [0.15, 0.2) is 11.2 Å². The van der Waals surface area contributed by atoms with Crippen LogP contribution in [0.2, 0.25) is 0 Å². The van der Waals surface area contributed by atoms with Gasteiger partial charge in [0.25, 0.3) is 6.01 Å². The summed E-state index contributed by atoms with van der Waals surface area (Å²) in [6.45, 7) is 4.39. The van der Waals surface area contributed by atoms with Crippen LogP contribution in [0, 0.1) is 6.92 Å². The molecule has 2 aliphatic rings. The van der Waals surface area contributed by atoms with E-state index in [1.807, 2.05) is 4.57 Å².